The van der Waals surface area contributed by atoms with Gasteiger partial charge >= 0.3 is 0 Å². The lowest BCUT2D eigenvalue weighted by Crippen LogP contribution is -2.22. The molecule has 0 bridgehead atoms. The van der Waals surface area contributed by atoms with Crippen LogP contribution < -0.4 is 10.1 Å². The van der Waals surface area contributed by atoms with Gasteiger partial charge in [0.25, 0.3) is 0 Å². The molecule has 0 aliphatic heterocycles. The van der Waals surface area contributed by atoms with Crippen molar-refractivity contribution in [1.82, 2.24) is 14.9 Å². The van der Waals surface area contributed by atoms with Crippen LogP contribution in [0.2, 0.25) is 0 Å². The molecule has 0 unspecified atom stereocenters. The maximum Gasteiger partial charge on any atom is 0.244 e. The van der Waals surface area contributed by atoms with Crippen molar-refractivity contribution >= 4 is 12.0 Å². The highest BCUT2D eigenvalue weighted by Gasteiger charge is 1.96. The van der Waals surface area contributed by atoms with E-state index in [1.165, 1.54) is 0 Å². The minimum atomic E-state index is -0.0838. The minimum Gasteiger partial charge on any atom is -0.494 e. The molecule has 22 heavy (non-hydrogen) atoms. The van der Waals surface area contributed by atoms with Crippen molar-refractivity contribution < 1.29 is 9.53 Å². The molecular weight excluding hydrogens is 278 g/mol. The molecule has 0 radical (unpaired) electrons. The highest BCUT2D eigenvalue weighted by atomic mass is 16.5. The normalized spacial score (nSPS) is 10.8. The van der Waals surface area contributed by atoms with Gasteiger partial charge < -0.3 is 14.6 Å². The van der Waals surface area contributed by atoms with E-state index in [0.29, 0.717) is 13.2 Å². The number of hydrogen-bond donors (Lipinski definition) is 1. The van der Waals surface area contributed by atoms with E-state index in [1.54, 1.807) is 24.7 Å². The molecule has 0 fully saturated rings. The third kappa shape index (κ3) is 5.44. The zero-order valence-corrected chi connectivity index (χ0v) is 12.7. The predicted molar refractivity (Wildman–Crippen MR) is 86.5 cm³/mol. The molecule has 0 aliphatic carbocycles. The summed E-state index contributed by atoms with van der Waals surface area (Å²) < 4.78 is 7.36. The van der Waals surface area contributed by atoms with Gasteiger partial charge in [-0.1, -0.05) is 12.1 Å². The zero-order chi connectivity index (χ0) is 15.6. The van der Waals surface area contributed by atoms with Crippen molar-refractivity contribution in [2.75, 3.05) is 13.2 Å². The van der Waals surface area contributed by atoms with Crippen molar-refractivity contribution in [3.63, 3.8) is 0 Å². The number of amides is 1. The molecule has 0 spiro atoms. The number of hydrogen-bond acceptors (Lipinski definition) is 3. The van der Waals surface area contributed by atoms with Gasteiger partial charge in [-0.2, -0.15) is 0 Å². The van der Waals surface area contributed by atoms with Gasteiger partial charge in [0.15, 0.2) is 0 Å². The molecule has 1 N–H and O–H groups in total. The van der Waals surface area contributed by atoms with Crippen molar-refractivity contribution in [2.24, 2.45) is 0 Å². The van der Waals surface area contributed by atoms with Gasteiger partial charge in [-0.05, 0) is 37.1 Å². The van der Waals surface area contributed by atoms with Crippen LogP contribution in [-0.4, -0.2) is 28.6 Å². The van der Waals surface area contributed by atoms with Crippen LogP contribution in [-0.2, 0) is 11.3 Å². The number of rotatable bonds is 8. The fourth-order valence-electron chi connectivity index (χ4n) is 1.96. The first kappa shape index (κ1) is 15.8. The van der Waals surface area contributed by atoms with Crippen molar-refractivity contribution in [1.29, 1.82) is 0 Å². The number of imidazole rings is 1. The number of benzene rings is 1. The summed E-state index contributed by atoms with van der Waals surface area (Å²) in [4.78, 5) is 15.7. The van der Waals surface area contributed by atoms with E-state index in [1.807, 2.05) is 42.0 Å². The Hall–Kier alpha value is -2.56. The number of aryl methyl sites for hydroxylation is 1. The highest BCUT2D eigenvalue weighted by molar-refractivity contribution is 5.91. The quantitative estimate of drug-likeness (QED) is 0.602. The summed E-state index contributed by atoms with van der Waals surface area (Å²) in [6.07, 6.45) is 9.65. The molecule has 1 heterocycles. The SMILES string of the molecule is CCOc1ccc(/C=C/C(=O)NCCCn2ccnc2)cc1. The van der Waals surface area contributed by atoms with E-state index in [9.17, 15) is 4.79 Å². The smallest absolute Gasteiger partial charge is 0.244 e. The Bertz CT molecular complexity index is 589. The third-order valence-electron chi connectivity index (χ3n) is 3.07. The molecule has 0 atom stereocenters. The number of nitrogens with one attached hydrogen (secondary N) is 1. The van der Waals surface area contributed by atoms with Crippen LogP contribution in [0.25, 0.3) is 6.08 Å². The molecule has 0 saturated carbocycles. The Balaban J connectivity index is 1.69. The maximum absolute atomic E-state index is 11.7. The molecule has 1 amide bonds. The van der Waals surface area contributed by atoms with E-state index >= 15 is 0 Å². The standard InChI is InChI=1S/C17H21N3O2/c1-2-22-16-7-4-15(5-8-16)6-9-17(21)19-10-3-12-20-13-11-18-14-20/h4-9,11,13-14H,2-3,10,12H2,1H3,(H,19,21)/b9-6+. The summed E-state index contributed by atoms with van der Waals surface area (Å²) in [6.45, 7) is 4.09. The average Bonchev–Trinajstić information content (AvgIpc) is 3.04. The van der Waals surface area contributed by atoms with E-state index < -0.39 is 0 Å². The molecule has 0 aliphatic rings. The molecular formula is C17H21N3O2. The lowest BCUT2D eigenvalue weighted by Gasteiger charge is -2.03. The molecule has 2 aromatic rings. The summed E-state index contributed by atoms with van der Waals surface area (Å²) in [5, 5.41) is 2.86. The van der Waals surface area contributed by atoms with Crippen LogP contribution in [0.1, 0.15) is 18.9 Å². The lowest BCUT2D eigenvalue weighted by atomic mass is 10.2. The largest absolute Gasteiger partial charge is 0.494 e. The predicted octanol–water partition coefficient (Wildman–Crippen LogP) is 2.50. The summed E-state index contributed by atoms with van der Waals surface area (Å²) in [7, 11) is 0. The minimum absolute atomic E-state index is 0.0838. The van der Waals surface area contributed by atoms with Gasteiger partial charge in [0, 0.05) is 31.6 Å². The Kier molecular flexibility index (Phi) is 6.23. The molecule has 1 aromatic heterocycles. The first-order chi connectivity index (χ1) is 10.8. The van der Waals surface area contributed by atoms with E-state index in [4.69, 9.17) is 4.74 Å². The van der Waals surface area contributed by atoms with E-state index in [0.717, 1.165) is 24.3 Å². The number of carbonyl (C=O) groups is 1. The maximum atomic E-state index is 11.7. The fourth-order valence-corrected chi connectivity index (χ4v) is 1.96. The second-order valence-electron chi connectivity index (χ2n) is 4.78. The zero-order valence-electron chi connectivity index (χ0n) is 12.7. The highest BCUT2D eigenvalue weighted by Crippen LogP contribution is 2.12. The average molecular weight is 299 g/mol. The third-order valence-corrected chi connectivity index (χ3v) is 3.07. The Morgan fingerprint density at radius 3 is 2.86 bits per heavy atom. The van der Waals surface area contributed by atoms with Crippen LogP contribution >= 0.6 is 0 Å². The summed E-state index contributed by atoms with van der Waals surface area (Å²) >= 11 is 0. The number of aromatic nitrogens is 2. The van der Waals surface area contributed by atoms with Gasteiger partial charge in [0.05, 0.1) is 12.9 Å². The van der Waals surface area contributed by atoms with Crippen LogP contribution in [0.4, 0.5) is 0 Å². The Morgan fingerprint density at radius 2 is 2.18 bits per heavy atom. The second kappa shape index (κ2) is 8.67. The van der Waals surface area contributed by atoms with Gasteiger partial charge in [0.2, 0.25) is 5.91 Å². The van der Waals surface area contributed by atoms with E-state index in [2.05, 4.69) is 10.3 Å². The summed E-state index contributed by atoms with van der Waals surface area (Å²) in [5.74, 6) is 0.753. The van der Waals surface area contributed by atoms with Crippen LogP contribution in [0.5, 0.6) is 5.75 Å². The fraction of sp³-hybridized carbons (Fsp3) is 0.294. The molecule has 116 valence electrons. The lowest BCUT2D eigenvalue weighted by molar-refractivity contribution is -0.116. The van der Waals surface area contributed by atoms with Gasteiger partial charge in [-0.25, -0.2) is 4.98 Å². The van der Waals surface area contributed by atoms with Crippen LogP contribution in [0, 0.1) is 0 Å². The van der Waals surface area contributed by atoms with Crippen LogP contribution in [0.15, 0.2) is 49.1 Å². The molecule has 2 rings (SSSR count). The van der Waals surface area contributed by atoms with E-state index in [-0.39, 0.29) is 5.91 Å². The monoisotopic (exact) mass is 299 g/mol. The number of nitrogens with zero attached hydrogens (tertiary/aromatic N) is 2. The summed E-state index contributed by atoms with van der Waals surface area (Å²) in [6, 6.07) is 7.64. The molecule has 5 heteroatoms. The van der Waals surface area contributed by atoms with Gasteiger partial charge in [-0.15, -0.1) is 0 Å². The van der Waals surface area contributed by atoms with Gasteiger partial charge in [0.1, 0.15) is 5.75 Å². The molecule has 0 saturated heterocycles. The van der Waals surface area contributed by atoms with Crippen molar-refractivity contribution in [3.05, 3.63) is 54.6 Å². The number of carbonyl (C=O) groups excluding carboxylic acids is 1. The first-order valence-electron chi connectivity index (χ1n) is 7.42. The van der Waals surface area contributed by atoms with Crippen molar-refractivity contribution in [3.8, 4) is 5.75 Å². The molecule has 1 aromatic carbocycles. The Labute approximate surface area is 130 Å². The second-order valence-corrected chi connectivity index (χ2v) is 4.78. The van der Waals surface area contributed by atoms with Crippen molar-refractivity contribution in [2.45, 2.75) is 19.9 Å². The summed E-state index contributed by atoms with van der Waals surface area (Å²) in [5.41, 5.74) is 0.969. The van der Waals surface area contributed by atoms with Gasteiger partial charge in [-0.3, -0.25) is 4.79 Å². The Morgan fingerprint density at radius 1 is 1.36 bits per heavy atom. The van der Waals surface area contributed by atoms with Crippen LogP contribution in [0.3, 0.4) is 0 Å². The first-order valence-corrected chi connectivity index (χ1v) is 7.42. The topological polar surface area (TPSA) is 56.1 Å². The number of ether oxygens (including phenoxy) is 1. The molecule has 5 nitrogen and oxygen atoms in total.